The molecule has 0 bridgehead atoms. The number of piperidine rings is 1. The molecule has 0 radical (unpaired) electrons. The third kappa shape index (κ3) is 8.34. The van der Waals surface area contributed by atoms with Crippen LogP contribution in [-0.2, 0) is 4.79 Å². The average molecular weight is 525 g/mol. The summed E-state index contributed by atoms with van der Waals surface area (Å²) in [5.74, 6) is -1.36. The summed E-state index contributed by atoms with van der Waals surface area (Å²) in [6, 6.07) is 9.20. The van der Waals surface area contributed by atoms with Crippen LogP contribution in [0.1, 0.15) is 32.3 Å². The Kier molecular flexibility index (Phi) is 9.90. The first-order chi connectivity index (χ1) is 18.0. The number of amides is 2. The van der Waals surface area contributed by atoms with Gasteiger partial charge in [-0.15, -0.1) is 0 Å². The smallest absolute Gasteiger partial charge is 0.341 e. The molecule has 0 aromatic heterocycles. The minimum atomic E-state index is -1.11. The number of carbonyl (C=O) groups is 2. The van der Waals surface area contributed by atoms with Crippen molar-refractivity contribution >= 4 is 29.1 Å². The number of ether oxygens (including phenoxy) is 1. The fraction of sp³-hybridized carbons (Fsp3) is 0.379. The van der Waals surface area contributed by atoms with Crippen molar-refractivity contribution in [3.05, 3.63) is 72.1 Å². The van der Waals surface area contributed by atoms with E-state index in [-0.39, 0.29) is 11.7 Å². The SMILES string of the molecule is C=C(C)CN1CCC(N(CC(=C)C)c2ccc(OCC(=O)O)cc2NC(=O)Nc2ccc(C)cc2F)CC1. The van der Waals surface area contributed by atoms with Gasteiger partial charge in [0.05, 0.1) is 17.1 Å². The molecule has 2 aromatic rings. The molecule has 3 N–H and O–H groups in total. The molecule has 3 rings (SSSR count). The summed E-state index contributed by atoms with van der Waals surface area (Å²) in [7, 11) is 0. The maximum atomic E-state index is 14.3. The fourth-order valence-electron chi connectivity index (χ4n) is 4.57. The molecule has 0 unspecified atom stereocenters. The lowest BCUT2D eigenvalue weighted by Gasteiger charge is -2.40. The number of nitrogens with one attached hydrogen (secondary N) is 2. The van der Waals surface area contributed by atoms with E-state index >= 15 is 0 Å². The van der Waals surface area contributed by atoms with Crippen LogP contribution in [0.4, 0.5) is 26.2 Å². The second-order valence-electron chi connectivity index (χ2n) is 9.97. The number of aliphatic carboxylic acids is 1. The van der Waals surface area contributed by atoms with Crippen LogP contribution in [0.15, 0.2) is 60.7 Å². The number of urea groups is 1. The molecule has 204 valence electrons. The van der Waals surface area contributed by atoms with E-state index in [0.717, 1.165) is 54.9 Å². The van der Waals surface area contributed by atoms with E-state index in [9.17, 15) is 14.0 Å². The predicted molar refractivity (Wildman–Crippen MR) is 150 cm³/mol. The molecule has 1 aliphatic heterocycles. The van der Waals surface area contributed by atoms with Crippen LogP contribution in [0.2, 0.25) is 0 Å². The van der Waals surface area contributed by atoms with Gasteiger partial charge in [0, 0.05) is 38.3 Å². The fourth-order valence-corrected chi connectivity index (χ4v) is 4.57. The molecule has 0 spiro atoms. The quantitative estimate of drug-likeness (QED) is 0.328. The zero-order valence-electron chi connectivity index (χ0n) is 22.3. The van der Waals surface area contributed by atoms with Gasteiger partial charge in [-0.25, -0.2) is 14.0 Å². The molecular formula is C29H37FN4O4. The van der Waals surface area contributed by atoms with Crippen molar-refractivity contribution in [2.45, 2.75) is 39.7 Å². The number of carbonyl (C=O) groups excluding carboxylic acids is 1. The molecule has 9 heteroatoms. The summed E-state index contributed by atoms with van der Waals surface area (Å²) in [6.45, 7) is 16.6. The first-order valence-corrected chi connectivity index (χ1v) is 12.6. The molecule has 2 aromatic carbocycles. The highest BCUT2D eigenvalue weighted by Gasteiger charge is 2.27. The number of likely N-dealkylation sites (tertiary alicyclic amines) is 1. The van der Waals surface area contributed by atoms with E-state index < -0.39 is 24.4 Å². The van der Waals surface area contributed by atoms with E-state index in [1.165, 1.54) is 12.1 Å². The number of halogens is 1. The Labute approximate surface area is 223 Å². The summed E-state index contributed by atoms with van der Waals surface area (Å²) >= 11 is 0. The summed E-state index contributed by atoms with van der Waals surface area (Å²) < 4.78 is 19.7. The zero-order chi connectivity index (χ0) is 27.8. The second kappa shape index (κ2) is 13.1. The number of carboxylic acid groups (broad SMARTS) is 1. The van der Waals surface area contributed by atoms with Gasteiger partial charge >= 0.3 is 12.0 Å². The zero-order valence-corrected chi connectivity index (χ0v) is 22.3. The number of hydrogen-bond donors (Lipinski definition) is 3. The van der Waals surface area contributed by atoms with Crippen molar-refractivity contribution in [1.82, 2.24) is 4.90 Å². The standard InChI is InChI=1S/C29H37FN4O4/c1-19(2)16-33-12-10-22(11-13-33)34(17-20(3)4)27-9-7-23(38-18-28(35)36)15-26(27)32-29(37)31-25-8-6-21(5)14-24(25)30/h6-9,14-15,22H,1,3,10-13,16-18H2,2,4-5H3,(H,35,36)(H2,31,32,37). The topological polar surface area (TPSA) is 94.1 Å². The van der Waals surface area contributed by atoms with Gasteiger partial charge in [0.2, 0.25) is 0 Å². The molecule has 38 heavy (non-hydrogen) atoms. The molecule has 8 nitrogen and oxygen atoms in total. The lowest BCUT2D eigenvalue weighted by atomic mass is 10.0. The minimum absolute atomic E-state index is 0.0524. The van der Waals surface area contributed by atoms with Crippen LogP contribution >= 0.6 is 0 Å². The highest BCUT2D eigenvalue weighted by atomic mass is 19.1. The lowest BCUT2D eigenvalue weighted by molar-refractivity contribution is -0.139. The first kappa shape index (κ1) is 28.7. The van der Waals surface area contributed by atoms with Crippen molar-refractivity contribution in [3.8, 4) is 5.75 Å². The van der Waals surface area contributed by atoms with Gasteiger partial charge in [-0.2, -0.15) is 0 Å². The summed E-state index contributed by atoms with van der Waals surface area (Å²) in [6.07, 6.45) is 1.83. The minimum Gasteiger partial charge on any atom is -0.482 e. The van der Waals surface area contributed by atoms with Gasteiger partial charge in [0.25, 0.3) is 0 Å². The molecule has 0 saturated carbocycles. The Morgan fingerprint density at radius 1 is 1.08 bits per heavy atom. The van der Waals surface area contributed by atoms with Crippen LogP contribution in [0.3, 0.4) is 0 Å². The number of nitrogens with zero attached hydrogens (tertiary/aromatic N) is 2. The molecule has 1 heterocycles. The molecule has 1 saturated heterocycles. The Morgan fingerprint density at radius 2 is 1.76 bits per heavy atom. The molecular weight excluding hydrogens is 487 g/mol. The monoisotopic (exact) mass is 524 g/mol. The van der Waals surface area contributed by atoms with Gasteiger partial charge < -0.3 is 25.4 Å². The van der Waals surface area contributed by atoms with Crippen molar-refractivity contribution in [2.24, 2.45) is 0 Å². The normalized spacial score (nSPS) is 14.0. The second-order valence-corrected chi connectivity index (χ2v) is 9.97. The number of hydrogen-bond acceptors (Lipinski definition) is 5. The van der Waals surface area contributed by atoms with Crippen LogP contribution < -0.4 is 20.3 Å². The number of aryl methyl sites for hydroxylation is 1. The number of benzene rings is 2. The van der Waals surface area contributed by atoms with E-state index in [0.29, 0.717) is 18.0 Å². The molecule has 0 aliphatic carbocycles. The molecule has 0 atom stereocenters. The van der Waals surface area contributed by atoms with Crippen molar-refractivity contribution < 1.29 is 23.8 Å². The van der Waals surface area contributed by atoms with Crippen molar-refractivity contribution in [2.75, 3.05) is 48.3 Å². The lowest BCUT2D eigenvalue weighted by Crippen LogP contribution is -2.46. The summed E-state index contributed by atoms with van der Waals surface area (Å²) in [4.78, 5) is 28.6. The Morgan fingerprint density at radius 3 is 2.37 bits per heavy atom. The van der Waals surface area contributed by atoms with Crippen LogP contribution in [-0.4, -0.2) is 60.8 Å². The van der Waals surface area contributed by atoms with Crippen LogP contribution in [0, 0.1) is 12.7 Å². The Hall–Kier alpha value is -3.85. The highest BCUT2D eigenvalue weighted by Crippen LogP contribution is 2.34. The van der Waals surface area contributed by atoms with Crippen LogP contribution in [0.25, 0.3) is 0 Å². The van der Waals surface area contributed by atoms with Gasteiger partial charge in [-0.1, -0.05) is 30.4 Å². The first-order valence-electron chi connectivity index (χ1n) is 12.6. The number of anilines is 3. The summed E-state index contributed by atoms with van der Waals surface area (Å²) in [5, 5.41) is 14.4. The van der Waals surface area contributed by atoms with E-state index in [2.05, 4.69) is 33.6 Å². The van der Waals surface area contributed by atoms with E-state index in [1.54, 1.807) is 25.1 Å². The van der Waals surface area contributed by atoms with Gasteiger partial charge in [0.15, 0.2) is 6.61 Å². The van der Waals surface area contributed by atoms with Gasteiger partial charge in [-0.3, -0.25) is 4.90 Å². The third-order valence-electron chi connectivity index (χ3n) is 6.19. The molecule has 2 amide bonds. The largest absolute Gasteiger partial charge is 0.482 e. The number of rotatable bonds is 11. The van der Waals surface area contributed by atoms with E-state index in [4.69, 9.17) is 9.84 Å². The molecule has 1 aliphatic rings. The highest BCUT2D eigenvalue weighted by molar-refractivity contribution is 6.02. The number of carboxylic acids is 1. The summed E-state index contributed by atoms with van der Waals surface area (Å²) in [5.41, 5.74) is 4.04. The Bertz CT molecular complexity index is 1190. The van der Waals surface area contributed by atoms with Crippen LogP contribution in [0.5, 0.6) is 5.75 Å². The van der Waals surface area contributed by atoms with E-state index in [1.807, 2.05) is 19.9 Å². The van der Waals surface area contributed by atoms with Gasteiger partial charge in [-0.05, 0) is 63.4 Å². The molecule has 1 fully saturated rings. The van der Waals surface area contributed by atoms with Crippen molar-refractivity contribution in [3.63, 3.8) is 0 Å². The maximum absolute atomic E-state index is 14.3. The van der Waals surface area contributed by atoms with Gasteiger partial charge in [0.1, 0.15) is 11.6 Å². The maximum Gasteiger partial charge on any atom is 0.341 e. The average Bonchev–Trinajstić information content (AvgIpc) is 2.83. The predicted octanol–water partition coefficient (Wildman–Crippen LogP) is 5.66. The van der Waals surface area contributed by atoms with Crippen molar-refractivity contribution in [1.29, 1.82) is 0 Å². The Balaban J connectivity index is 1.89. The third-order valence-corrected chi connectivity index (χ3v) is 6.19.